The van der Waals surface area contributed by atoms with E-state index in [0.717, 1.165) is 9.80 Å². The highest BCUT2D eigenvalue weighted by atomic mass is 35.5. The number of benzene rings is 3. The van der Waals surface area contributed by atoms with E-state index >= 15 is 0 Å². The Kier molecular flexibility index (Phi) is 6.91. The number of rotatable bonds is 8. The molecule has 168 valence electrons. The van der Waals surface area contributed by atoms with Gasteiger partial charge in [0.1, 0.15) is 22.1 Å². The first-order valence-electron chi connectivity index (χ1n) is 10.2. The van der Waals surface area contributed by atoms with Gasteiger partial charge in [-0.2, -0.15) is 0 Å². The molecule has 1 heterocycles. The Labute approximate surface area is 201 Å². The number of amides is 2. The fourth-order valence-corrected chi connectivity index (χ4v) is 4.34. The standard InChI is InChI=1S/C25H21ClN2O4S/c1-3-32-21-7-5-4-6-20(21)27-22-23(33-19-14-8-16(26)9-15-19)25(30)28(24(22)29)17-10-12-18(31-2)13-11-17/h4-15,27H,3H2,1-2H3. The zero-order chi connectivity index (χ0) is 23.4. The first-order chi connectivity index (χ1) is 16.0. The Morgan fingerprint density at radius 3 is 2.30 bits per heavy atom. The lowest BCUT2D eigenvalue weighted by atomic mass is 10.2. The molecule has 0 aromatic heterocycles. The molecule has 0 bridgehead atoms. The summed E-state index contributed by atoms with van der Waals surface area (Å²) in [5.41, 5.74) is 1.24. The molecule has 33 heavy (non-hydrogen) atoms. The Balaban J connectivity index is 1.74. The monoisotopic (exact) mass is 480 g/mol. The first-order valence-corrected chi connectivity index (χ1v) is 11.4. The third kappa shape index (κ3) is 4.84. The van der Waals surface area contributed by atoms with Crippen LogP contribution in [0.25, 0.3) is 0 Å². The van der Waals surface area contributed by atoms with Gasteiger partial charge >= 0.3 is 0 Å². The van der Waals surface area contributed by atoms with E-state index < -0.39 is 11.8 Å². The van der Waals surface area contributed by atoms with Crippen molar-refractivity contribution in [2.45, 2.75) is 11.8 Å². The van der Waals surface area contributed by atoms with Gasteiger partial charge in [-0.25, -0.2) is 4.90 Å². The molecule has 3 aromatic carbocycles. The summed E-state index contributed by atoms with van der Waals surface area (Å²) in [6.07, 6.45) is 0. The second-order valence-electron chi connectivity index (χ2n) is 6.96. The van der Waals surface area contributed by atoms with E-state index in [1.54, 1.807) is 67.8 Å². The average Bonchev–Trinajstić information content (AvgIpc) is 3.06. The maximum atomic E-state index is 13.5. The minimum Gasteiger partial charge on any atom is -0.497 e. The number of ether oxygens (including phenoxy) is 2. The number of halogens is 1. The Morgan fingerprint density at radius 1 is 0.939 bits per heavy atom. The minimum absolute atomic E-state index is 0.183. The zero-order valence-electron chi connectivity index (χ0n) is 18.0. The summed E-state index contributed by atoms with van der Waals surface area (Å²) in [5, 5.41) is 3.74. The lowest BCUT2D eigenvalue weighted by Gasteiger charge is -2.16. The number of nitrogens with one attached hydrogen (secondary N) is 1. The smallest absolute Gasteiger partial charge is 0.283 e. The van der Waals surface area contributed by atoms with Crippen LogP contribution in [0, 0.1) is 0 Å². The van der Waals surface area contributed by atoms with Gasteiger partial charge in [0.15, 0.2) is 0 Å². The summed E-state index contributed by atoms with van der Waals surface area (Å²) in [6.45, 7) is 2.35. The fourth-order valence-electron chi connectivity index (χ4n) is 3.29. The topological polar surface area (TPSA) is 67.9 Å². The molecule has 0 saturated heterocycles. The zero-order valence-corrected chi connectivity index (χ0v) is 19.6. The Hall–Kier alpha value is -3.42. The number of thioether (sulfide) groups is 1. The maximum absolute atomic E-state index is 13.5. The summed E-state index contributed by atoms with van der Waals surface area (Å²) < 4.78 is 10.9. The van der Waals surface area contributed by atoms with Gasteiger partial charge in [0.2, 0.25) is 0 Å². The number of para-hydroxylation sites is 2. The summed E-state index contributed by atoms with van der Waals surface area (Å²) in [4.78, 5) is 29.1. The lowest BCUT2D eigenvalue weighted by molar-refractivity contribution is -0.120. The number of carbonyl (C=O) groups excluding carboxylic acids is 2. The molecule has 0 fully saturated rings. The van der Waals surface area contributed by atoms with Gasteiger partial charge in [-0.3, -0.25) is 9.59 Å². The quantitative estimate of drug-likeness (QED) is 0.415. The van der Waals surface area contributed by atoms with Gasteiger partial charge in [0.05, 0.1) is 25.1 Å². The molecule has 0 unspecified atom stereocenters. The molecule has 0 spiro atoms. The third-order valence-corrected chi connectivity index (χ3v) is 6.19. The van der Waals surface area contributed by atoms with Crippen LogP contribution in [0.15, 0.2) is 88.3 Å². The van der Waals surface area contributed by atoms with Crippen LogP contribution in [0.3, 0.4) is 0 Å². The summed E-state index contributed by atoms with van der Waals surface area (Å²) in [5.74, 6) is 0.353. The van der Waals surface area contributed by atoms with Crippen molar-refractivity contribution in [1.82, 2.24) is 0 Å². The molecule has 8 heteroatoms. The molecule has 3 aromatic rings. The normalized spacial score (nSPS) is 13.5. The molecule has 2 amide bonds. The molecular weight excluding hydrogens is 460 g/mol. The summed E-state index contributed by atoms with van der Waals surface area (Å²) in [6, 6.07) is 21.1. The molecule has 1 aliphatic heterocycles. The highest BCUT2D eigenvalue weighted by molar-refractivity contribution is 8.04. The number of carbonyl (C=O) groups is 2. The second-order valence-corrected chi connectivity index (χ2v) is 8.48. The van der Waals surface area contributed by atoms with Crippen molar-refractivity contribution in [3.05, 3.63) is 88.4 Å². The van der Waals surface area contributed by atoms with E-state index in [4.69, 9.17) is 21.1 Å². The van der Waals surface area contributed by atoms with Crippen molar-refractivity contribution in [3.63, 3.8) is 0 Å². The van der Waals surface area contributed by atoms with E-state index in [1.165, 1.54) is 11.8 Å². The van der Waals surface area contributed by atoms with Crippen LogP contribution in [0.2, 0.25) is 5.02 Å². The number of hydrogen-bond donors (Lipinski definition) is 1. The number of hydrogen-bond acceptors (Lipinski definition) is 6. The SMILES string of the molecule is CCOc1ccccc1NC1=C(Sc2ccc(Cl)cc2)C(=O)N(c2ccc(OC)cc2)C1=O. The van der Waals surface area contributed by atoms with Crippen molar-refractivity contribution < 1.29 is 19.1 Å². The molecule has 0 saturated carbocycles. The highest BCUT2D eigenvalue weighted by Gasteiger charge is 2.40. The average molecular weight is 481 g/mol. The number of anilines is 2. The predicted molar refractivity (Wildman–Crippen MR) is 131 cm³/mol. The van der Waals surface area contributed by atoms with E-state index in [1.807, 2.05) is 19.1 Å². The molecule has 0 aliphatic carbocycles. The molecule has 6 nitrogen and oxygen atoms in total. The van der Waals surface area contributed by atoms with Crippen LogP contribution in [0.5, 0.6) is 11.5 Å². The highest BCUT2D eigenvalue weighted by Crippen LogP contribution is 2.39. The number of methoxy groups -OCH3 is 1. The third-order valence-electron chi connectivity index (χ3n) is 4.85. The van der Waals surface area contributed by atoms with Gasteiger partial charge in [0, 0.05) is 9.92 Å². The van der Waals surface area contributed by atoms with Crippen molar-refractivity contribution >= 4 is 46.6 Å². The molecular formula is C25H21ClN2O4S. The molecule has 0 atom stereocenters. The van der Waals surface area contributed by atoms with Crippen LogP contribution in [0.1, 0.15) is 6.92 Å². The summed E-state index contributed by atoms with van der Waals surface area (Å²) >= 11 is 7.21. The number of nitrogens with zero attached hydrogens (tertiary/aromatic N) is 1. The molecule has 0 radical (unpaired) electrons. The minimum atomic E-state index is -0.451. The van der Waals surface area contributed by atoms with Crippen molar-refractivity contribution in [2.24, 2.45) is 0 Å². The first kappa shape index (κ1) is 22.8. The van der Waals surface area contributed by atoms with Gasteiger partial charge < -0.3 is 14.8 Å². The van der Waals surface area contributed by atoms with Crippen molar-refractivity contribution in [2.75, 3.05) is 23.9 Å². The fraction of sp³-hybridized carbons (Fsp3) is 0.120. The van der Waals surface area contributed by atoms with E-state index in [0.29, 0.717) is 34.5 Å². The Bertz CT molecular complexity index is 1210. The van der Waals surface area contributed by atoms with Gasteiger partial charge in [-0.15, -0.1) is 0 Å². The van der Waals surface area contributed by atoms with Crippen LogP contribution in [-0.2, 0) is 9.59 Å². The predicted octanol–water partition coefficient (Wildman–Crippen LogP) is 5.74. The lowest BCUT2D eigenvalue weighted by Crippen LogP contribution is -2.32. The molecule has 1 N–H and O–H groups in total. The summed E-state index contributed by atoms with van der Waals surface area (Å²) in [7, 11) is 1.56. The van der Waals surface area contributed by atoms with Crippen LogP contribution < -0.4 is 19.7 Å². The molecule has 1 aliphatic rings. The van der Waals surface area contributed by atoms with Crippen LogP contribution >= 0.6 is 23.4 Å². The second kappa shape index (κ2) is 10.0. The van der Waals surface area contributed by atoms with Gasteiger partial charge in [-0.05, 0) is 67.6 Å². The van der Waals surface area contributed by atoms with E-state index in [2.05, 4.69) is 5.32 Å². The van der Waals surface area contributed by atoms with Crippen molar-refractivity contribution in [1.29, 1.82) is 0 Å². The largest absolute Gasteiger partial charge is 0.497 e. The Morgan fingerprint density at radius 2 is 1.64 bits per heavy atom. The van der Waals surface area contributed by atoms with E-state index in [9.17, 15) is 9.59 Å². The van der Waals surface area contributed by atoms with Gasteiger partial charge in [0.25, 0.3) is 11.8 Å². The van der Waals surface area contributed by atoms with E-state index in [-0.39, 0.29) is 10.6 Å². The van der Waals surface area contributed by atoms with Gasteiger partial charge in [-0.1, -0.05) is 35.5 Å². The maximum Gasteiger partial charge on any atom is 0.283 e. The number of imide groups is 1. The van der Waals surface area contributed by atoms with Crippen LogP contribution in [-0.4, -0.2) is 25.5 Å². The van der Waals surface area contributed by atoms with Crippen LogP contribution in [0.4, 0.5) is 11.4 Å². The molecule has 4 rings (SSSR count). The van der Waals surface area contributed by atoms with Crippen molar-refractivity contribution in [3.8, 4) is 11.5 Å².